The van der Waals surface area contributed by atoms with Gasteiger partial charge in [0.15, 0.2) is 0 Å². The molecular formula is C31H37N5O6. The molecule has 0 radical (unpaired) electrons. The van der Waals surface area contributed by atoms with Crippen LogP contribution >= 0.6 is 0 Å². The SMILES string of the molecule is N[C@H]1CCC[C@H]2CC[C@@H](C(=O)N3CC(c4cnccc4OCCOc4ccc(C5CCC(=O)NC5=O)cc4)C3)N2C1=O. The number of nitrogens with two attached hydrogens (primary N) is 1. The van der Waals surface area contributed by atoms with E-state index in [9.17, 15) is 19.2 Å². The zero-order valence-electron chi connectivity index (χ0n) is 23.6. The van der Waals surface area contributed by atoms with Gasteiger partial charge in [0, 0.05) is 49.4 Å². The zero-order chi connectivity index (χ0) is 29.2. The fourth-order valence-electron chi connectivity index (χ4n) is 6.65. The number of piperidine rings is 1. The summed E-state index contributed by atoms with van der Waals surface area (Å²) in [6, 6.07) is 8.37. The molecule has 0 aliphatic carbocycles. The summed E-state index contributed by atoms with van der Waals surface area (Å²) in [6.07, 6.45) is 8.40. The molecule has 6 rings (SSSR count). The summed E-state index contributed by atoms with van der Waals surface area (Å²) in [5.41, 5.74) is 7.90. The Morgan fingerprint density at radius 1 is 0.976 bits per heavy atom. The number of carbonyl (C=O) groups excluding carboxylic acids is 4. The topological polar surface area (TPSA) is 144 Å². The average molecular weight is 576 g/mol. The van der Waals surface area contributed by atoms with Crippen LogP contribution < -0.4 is 20.5 Å². The second-order valence-electron chi connectivity index (χ2n) is 11.7. The van der Waals surface area contributed by atoms with Gasteiger partial charge in [0.05, 0.1) is 12.0 Å². The van der Waals surface area contributed by atoms with Crippen molar-refractivity contribution >= 4 is 23.6 Å². The van der Waals surface area contributed by atoms with Crippen molar-refractivity contribution in [3.05, 3.63) is 53.9 Å². The molecule has 4 saturated heterocycles. The molecule has 2 aromatic rings. The van der Waals surface area contributed by atoms with E-state index in [1.165, 1.54) is 0 Å². The third kappa shape index (κ3) is 5.70. The standard InChI is InChI=1S/C31H37N5O6/c32-25-3-1-2-21-6-10-26(36(21)30(25)39)31(40)35-17-20(18-35)24-16-33-13-12-27(24)42-15-14-41-22-7-4-19(5-8-22)23-9-11-28(37)34-29(23)38/h4-5,7-8,12-13,16,20-21,23,25-26H,1-3,6,9-11,14-15,17-18,32H2,(H,34,37,38)/t21-,23?,25-,26-/m0/s1. The van der Waals surface area contributed by atoms with Gasteiger partial charge in [0.25, 0.3) is 0 Å². The van der Waals surface area contributed by atoms with Crippen molar-refractivity contribution in [2.45, 2.75) is 74.9 Å². The third-order valence-electron chi connectivity index (χ3n) is 8.99. The number of rotatable bonds is 8. The summed E-state index contributed by atoms with van der Waals surface area (Å²) in [7, 11) is 0. The molecule has 4 atom stereocenters. The summed E-state index contributed by atoms with van der Waals surface area (Å²) in [5.74, 6) is 0.607. The van der Waals surface area contributed by atoms with Gasteiger partial charge in [-0.3, -0.25) is 29.5 Å². The Bertz CT molecular complexity index is 1340. The van der Waals surface area contributed by atoms with Crippen LogP contribution in [-0.4, -0.2) is 82.8 Å². The van der Waals surface area contributed by atoms with Gasteiger partial charge in [-0.1, -0.05) is 12.1 Å². The van der Waals surface area contributed by atoms with E-state index in [1.807, 2.05) is 35.2 Å². The van der Waals surface area contributed by atoms with Crippen LogP contribution in [0.15, 0.2) is 42.7 Å². The van der Waals surface area contributed by atoms with Crippen molar-refractivity contribution in [1.82, 2.24) is 20.1 Å². The summed E-state index contributed by atoms with van der Waals surface area (Å²) in [5, 5.41) is 2.39. The number of imide groups is 1. The number of aromatic nitrogens is 1. The van der Waals surface area contributed by atoms with Gasteiger partial charge in [-0.2, -0.15) is 0 Å². The van der Waals surface area contributed by atoms with Crippen molar-refractivity contribution in [3.8, 4) is 11.5 Å². The van der Waals surface area contributed by atoms with Crippen LogP contribution in [-0.2, 0) is 19.2 Å². The molecule has 11 nitrogen and oxygen atoms in total. The fourth-order valence-corrected chi connectivity index (χ4v) is 6.65. The lowest BCUT2D eigenvalue weighted by Crippen LogP contribution is -2.58. The number of nitrogens with zero attached hydrogens (tertiary/aromatic N) is 3. The molecule has 4 aliphatic rings. The second kappa shape index (κ2) is 12.1. The molecule has 222 valence electrons. The first-order valence-electron chi connectivity index (χ1n) is 14.9. The van der Waals surface area contributed by atoms with Crippen LogP contribution in [0, 0.1) is 0 Å². The molecule has 0 saturated carbocycles. The van der Waals surface area contributed by atoms with Crippen LogP contribution in [0.3, 0.4) is 0 Å². The van der Waals surface area contributed by atoms with Crippen LogP contribution in [0.4, 0.5) is 0 Å². The van der Waals surface area contributed by atoms with E-state index in [4.69, 9.17) is 15.2 Å². The maximum absolute atomic E-state index is 13.4. The molecule has 0 spiro atoms. The maximum Gasteiger partial charge on any atom is 0.245 e. The van der Waals surface area contributed by atoms with E-state index >= 15 is 0 Å². The summed E-state index contributed by atoms with van der Waals surface area (Å²) >= 11 is 0. The quantitative estimate of drug-likeness (QED) is 0.359. The van der Waals surface area contributed by atoms with Gasteiger partial charge < -0.3 is 25.0 Å². The van der Waals surface area contributed by atoms with Gasteiger partial charge in [0.1, 0.15) is 30.8 Å². The molecule has 3 N–H and O–H groups in total. The molecule has 1 aromatic carbocycles. The molecule has 4 fully saturated rings. The van der Waals surface area contributed by atoms with E-state index in [1.54, 1.807) is 17.3 Å². The largest absolute Gasteiger partial charge is 0.490 e. The number of hydrogen-bond donors (Lipinski definition) is 2. The number of fused-ring (bicyclic) bond motifs is 1. The molecule has 4 aliphatic heterocycles. The van der Waals surface area contributed by atoms with Crippen molar-refractivity contribution in [1.29, 1.82) is 0 Å². The number of nitrogens with one attached hydrogen (secondary N) is 1. The summed E-state index contributed by atoms with van der Waals surface area (Å²) in [6.45, 7) is 1.77. The number of carbonyl (C=O) groups is 4. The Morgan fingerprint density at radius 3 is 2.55 bits per heavy atom. The fraction of sp³-hybridized carbons (Fsp3) is 0.516. The minimum atomic E-state index is -0.510. The normalized spacial score (nSPS) is 26.3. The Hall–Kier alpha value is -3.99. The maximum atomic E-state index is 13.4. The monoisotopic (exact) mass is 575 g/mol. The van der Waals surface area contributed by atoms with E-state index in [-0.39, 0.29) is 41.5 Å². The Balaban J connectivity index is 0.986. The minimum Gasteiger partial charge on any atom is -0.490 e. The van der Waals surface area contributed by atoms with Gasteiger partial charge in [0.2, 0.25) is 23.6 Å². The first kappa shape index (κ1) is 28.1. The average Bonchev–Trinajstić information content (AvgIpc) is 3.33. The van der Waals surface area contributed by atoms with Gasteiger partial charge in [-0.15, -0.1) is 0 Å². The van der Waals surface area contributed by atoms with Crippen molar-refractivity contribution in [3.63, 3.8) is 0 Å². The molecule has 11 heteroatoms. The highest BCUT2D eigenvalue weighted by atomic mass is 16.5. The van der Waals surface area contributed by atoms with Crippen LogP contribution in [0.1, 0.15) is 67.9 Å². The highest BCUT2D eigenvalue weighted by molar-refractivity contribution is 6.00. The lowest BCUT2D eigenvalue weighted by molar-refractivity contribution is -0.148. The molecule has 4 amide bonds. The second-order valence-corrected chi connectivity index (χ2v) is 11.7. The smallest absolute Gasteiger partial charge is 0.245 e. The van der Waals surface area contributed by atoms with Crippen molar-refractivity contribution < 1.29 is 28.7 Å². The van der Waals surface area contributed by atoms with Gasteiger partial charge in [-0.05, 0) is 62.3 Å². The number of amides is 4. The molecule has 42 heavy (non-hydrogen) atoms. The molecule has 0 bridgehead atoms. The Morgan fingerprint density at radius 2 is 1.76 bits per heavy atom. The lowest BCUT2D eigenvalue weighted by atomic mass is 9.90. The van der Waals surface area contributed by atoms with E-state index < -0.39 is 12.1 Å². The predicted molar refractivity (Wildman–Crippen MR) is 152 cm³/mol. The highest BCUT2D eigenvalue weighted by Gasteiger charge is 2.47. The lowest BCUT2D eigenvalue weighted by Gasteiger charge is -2.42. The molecule has 5 heterocycles. The summed E-state index contributed by atoms with van der Waals surface area (Å²) < 4.78 is 11.9. The molecule has 1 aromatic heterocycles. The van der Waals surface area contributed by atoms with Crippen LogP contribution in [0.2, 0.25) is 0 Å². The first-order chi connectivity index (χ1) is 20.4. The number of hydrogen-bond acceptors (Lipinski definition) is 8. The number of likely N-dealkylation sites (tertiary alicyclic amines) is 1. The van der Waals surface area contributed by atoms with E-state index in [0.29, 0.717) is 63.5 Å². The molecule has 1 unspecified atom stereocenters. The number of benzene rings is 1. The van der Waals surface area contributed by atoms with Crippen molar-refractivity contribution in [2.24, 2.45) is 5.73 Å². The first-order valence-corrected chi connectivity index (χ1v) is 14.9. The predicted octanol–water partition coefficient (Wildman–Crippen LogP) is 1.86. The molecular weight excluding hydrogens is 538 g/mol. The minimum absolute atomic E-state index is 0.0135. The summed E-state index contributed by atoms with van der Waals surface area (Å²) in [4.78, 5) is 57.7. The van der Waals surface area contributed by atoms with E-state index in [0.717, 1.165) is 30.4 Å². The van der Waals surface area contributed by atoms with Gasteiger partial charge >= 0.3 is 0 Å². The zero-order valence-corrected chi connectivity index (χ0v) is 23.6. The third-order valence-corrected chi connectivity index (χ3v) is 8.99. The number of ether oxygens (including phenoxy) is 2. The Kier molecular flexibility index (Phi) is 8.10. The Labute approximate surface area is 244 Å². The van der Waals surface area contributed by atoms with Crippen molar-refractivity contribution in [2.75, 3.05) is 26.3 Å². The van der Waals surface area contributed by atoms with Gasteiger partial charge in [-0.25, -0.2) is 0 Å². The van der Waals surface area contributed by atoms with E-state index in [2.05, 4.69) is 10.3 Å². The van der Waals surface area contributed by atoms with Crippen LogP contribution in [0.5, 0.6) is 11.5 Å². The highest BCUT2D eigenvalue weighted by Crippen LogP contribution is 2.37. The van der Waals surface area contributed by atoms with Crippen LogP contribution in [0.25, 0.3) is 0 Å². The number of pyridine rings is 1.